The predicted octanol–water partition coefficient (Wildman–Crippen LogP) is 4.52. The molecule has 3 heterocycles. The molecule has 1 aromatic rings. The molecule has 10 nitrogen and oxygen atoms in total. The van der Waals surface area contributed by atoms with E-state index in [2.05, 4.69) is 46.7 Å². The first kappa shape index (κ1) is 34.5. The highest BCUT2D eigenvalue weighted by Gasteiger charge is 2.73. The Morgan fingerprint density at radius 3 is 2.61 bits per heavy atom. The number of ether oxygens (including phenoxy) is 2. The topological polar surface area (TPSA) is 130 Å². The Kier molecular flexibility index (Phi) is 10.3. The van der Waals surface area contributed by atoms with Crippen LogP contribution < -0.4 is 21.3 Å². The van der Waals surface area contributed by atoms with Crippen molar-refractivity contribution in [2.24, 2.45) is 16.3 Å². The number of hydrogen-bond donors (Lipinski definition) is 4. The molecule has 1 aromatic carbocycles. The summed E-state index contributed by atoms with van der Waals surface area (Å²) in [6.45, 7) is 8.74. The zero-order chi connectivity index (χ0) is 33.3. The van der Waals surface area contributed by atoms with E-state index in [1.165, 1.54) is 6.21 Å². The maximum absolute atomic E-state index is 16.7. The van der Waals surface area contributed by atoms with Gasteiger partial charge in [0.05, 0.1) is 31.2 Å². The average Bonchev–Trinajstić information content (AvgIpc) is 3.47. The average molecular weight is 679 g/mol. The third-order valence-corrected chi connectivity index (χ3v) is 10.3. The minimum Gasteiger partial charge on any atom is -0.383 e. The molecule has 5 atom stereocenters. The van der Waals surface area contributed by atoms with Crippen LogP contribution in [0.2, 0.25) is 5.02 Å². The number of fused-ring (bicyclic) bond motifs is 3. The Bertz CT molecular complexity index is 1430. The van der Waals surface area contributed by atoms with Crippen LogP contribution in [-0.4, -0.2) is 74.5 Å². The summed E-state index contributed by atoms with van der Waals surface area (Å²) in [6, 6.07) is 3.59. The van der Waals surface area contributed by atoms with E-state index in [-0.39, 0.29) is 29.0 Å². The molecule has 3 amide bonds. The summed E-state index contributed by atoms with van der Waals surface area (Å²) in [5.74, 6) is -3.00. The fourth-order valence-electron chi connectivity index (χ4n) is 7.65. The second-order valence-corrected chi connectivity index (χ2v) is 14.3. The minimum atomic E-state index is -1.47. The molecule has 250 valence electrons. The van der Waals surface area contributed by atoms with E-state index in [1.54, 1.807) is 25.3 Å². The number of nitrogens with zero attached hydrogens (tertiary/aromatic N) is 1. The molecule has 3 fully saturated rings. The van der Waals surface area contributed by atoms with Gasteiger partial charge in [0.15, 0.2) is 0 Å². The van der Waals surface area contributed by atoms with Crippen molar-refractivity contribution in [3.63, 3.8) is 0 Å². The maximum Gasteiger partial charge on any atom is 0.249 e. The molecular weight excluding hydrogens is 636 g/mol. The first-order valence-corrected chi connectivity index (χ1v) is 16.4. The molecule has 0 radical (unpaired) electrons. The predicted molar refractivity (Wildman–Crippen MR) is 176 cm³/mol. The molecule has 46 heavy (non-hydrogen) atoms. The molecule has 0 bridgehead atoms. The van der Waals surface area contributed by atoms with Crippen LogP contribution in [0.15, 0.2) is 46.8 Å². The summed E-state index contributed by atoms with van der Waals surface area (Å²) in [5.41, 5.74) is -1.30. The van der Waals surface area contributed by atoms with Gasteiger partial charge in [0, 0.05) is 36.1 Å². The van der Waals surface area contributed by atoms with Gasteiger partial charge in [-0.05, 0) is 67.7 Å². The van der Waals surface area contributed by atoms with Gasteiger partial charge in [0.2, 0.25) is 17.7 Å². The summed E-state index contributed by atoms with van der Waals surface area (Å²) in [4.78, 5) is 45.0. The first-order chi connectivity index (χ1) is 21.8. The summed E-state index contributed by atoms with van der Waals surface area (Å²) in [6.07, 6.45) is 5.20. The Morgan fingerprint density at radius 2 is 1.96 bits per heavy atom. The number of halogens is 3. The summed E-state index contributed by atoms with van der Waals surface area (Å²) in [5, 5.41) is 12.7. The molecular formula is C33H42Cl2FN5O5. The highest BCUT2D eigenvalue weighted by molar-refractivity contribution is 6.31. The SMILES string of the molecule is C=C(Cl)N=C/C=C(\F)[C@H]1[C@H](C(=O)N[C@@H]2CC[C@@H](C(=O)NCCOC)OC2)NC2(CCC(C)(C)CC2)[C@@]12C(=O)Nc1cc(Cl)ccc12. The maximum atomic E-state index is 16.7. The minimum absolute atomic E-state index is 0.00938. The normalized spacial score (nSPS) is 30.0. The van der Waals surface area contributed by atoms with Crippen LogP contribution in [0.4, 0.5) is 10.1 Å². The van der Waals surface area contributed by atoms with E-state index in [4.69, 9.17) is 32.7 Å². The number of amides is 3. The lowest BCUT2D eigenvalue weighted by atomic mass is 9.54. The first-order valence-electron chi connectivity index (χ1n) is 15.7. The van der Waals surface area contributed by atoms with Gasteiger partial charge in [0.25, 0.3) is 0 Å². The van der Waals surface area contributed by atoms with Gasteiger partial charge in [-0.2, -0.15) is 0 Å². The van der Waals surface area contributed by atoms with E-state index >= 15 is 4.39 Å². The molecule has 4 aliphatic rings. The van der Waals surface area contributed by atoms with E-state index in [0.29, 0.717) is 55.1 Å². The van der Waals surface area contributed by atoms with Crippen molar-refractivity contribution >= 4 is 52.8 Å². The number of hydrogen-bond acceptors (Lipinski definition) is 7. The lowest BCUT2D eigenvalue weighted by Gasteiger charge is -2.50. The molecule has 1 aliphatic carbocycles. The Balaban J connectivity index is 1.49. The van der Waals surface area contributed by atoms with Crippen LogP contribution in [0.1, 0.15) is 57.9 Å². The molecule has 0 unspecified atom stereocenters. The lowest BCUT2D eigenvalue weighted by Crippen LogP contribution is -2.62. The number of aliphatic imine (C=N–C) groups is 1. The van der Waals surface area contributed by atoms with Gasteiger partial charge in [0.1, 0.15) is 22.5 Å². The van der Waals surface area contributed by atoms with Crippen molar-refractivity contribution in [2.75, 3.05) is 32.2 Å². The zero-order valence-corrected chi connectivity index (χ0v) is 27.9. The zero-order valence-electron chi connectivity index (χ0n) is 26.4. The molecule has 13 heteroatoms. The van der Waals surface area contributed by atoms with Crippen LogP contribution in [-0.2, 0) is 29.3 Å². The van der Waals surface area contributed by atoms with Gasteiger partial charge in [-0.25, -0.2) is 9.38 Å². The number of methoxy groups -OCH3 is 1. The summed E-state index contributed by atoms with van der Waals surface area (Å²) >= 11 is 12.1. The van der Waals surface area contributed by atoms with Crippen LogP contribution in [0.25, 0.3) is 0 Å². The van der Waals surface area contributed by atoms with Crippen LogP contribution >= 0.6 is 23.2 Å². The van der Waals surface area contributed by atoms with Crippen molar-refractivity contribution in [2.45, 2.75) is 81.5 Å². The van der Waals surface area contributed by atoms with E-state index < -0.39 is 46.8 Å². The molecule has 4 N–H and O–H groups in total. The standard InChI is InChI=1S/C33H42Cl2FN5O5/c1-19(34)37-14-9-23(36)26-27(29(43)39-21-6-8-25(46-18-21)28(42)38-15-16-45-4)41-32(12-10-31(2,3)11-13-32)33(26)22-7-5-20(35)17-24(22)40-30(33)44/h5,7,9,14,17,21,25-27,41H,1,6,8,10-13,15-16,18H2,2-4H3,(H,38,42)(H,39,43)(H,40,44)/b23-9-,37-14?/t21-,25+,26+,27-,33-/m1/s1. The van der Waals surface area contributed by atoms with Gasteiger partial charge in [-0.15, -0.1) is 0 Å². The molecule has 2 spiro atoms. The van der Waals surface area contributed by atoms with Gasteiger partial charge >= 0.3 is 0 Å². The summed E-state index contributed by atoms with van der Waals surface area (Å²) < 4.78 is 27.5. The van der Waals surface area contributed by atoms with Gasteiger partial charge < -0.3 is 25.4 Å². The Labute approximate surface area is 278 Å². The van der Waals surface area contributed by atoms with Crippen molar-refractivity contribution in [3.8, 4) is 0 Å². The number of allylic oxidation sites excluding steroid dienone is 1. The third kappa shape index (κ3) is 6.49. The van der Waals surface area contributed by atoms with Crippen LogP contribution in [0.5, 0.6) is 0 Å². The number of rotatable bonds is 9. The van der Waals surface area contributed by atoms with Gasteiger partial charge in [-0.1, -0.05) is 49.7 Å². The van der Waals surface area contributed by atoms with E-state index in [9.17, 15) is 14.4 Å². The second kappa shape index (κ2) is 13.7. The largest absolute Gasteiger partial charge is 0.383 e. The molecule has 5 rings (SSSR count). The highest BCUT2D eigenvalue weighted by Crippen LogP contribution is 2.62. The smallest absolute Gasteiger partial charge is 0.249 e. The molecule has 0 aromatic heterocycles. The number of carbonyl (C=O) groups is 3. The second-order valence-electron chi connectivity index (χ2n) is 13.4. The van der Waals surface area contributed by atoms with Crippen molar-refractivity contribution in [1.82, 2.24) is 16.0 Å². The third-order valence-electron chi connectivity index (χ3n) is 10.0. The Hall–Kier alpha value is -2.83. The number of anilines is 1. The molecule has 2 saturated heterocycles. The number of nitrogens with one attached hydrogen (secondary N) is 4. The quantitative estimate of drug-likeness (QED) is 0.173. The van der Waals surface area contributed by atoms with Crippen LogP contribution in [0.3, 0.4) is 0 Å². The van der Waals surface area contributed by atoms with E-state index in [0.717, 1.165) is 18.9 Å². The van der Waals surface area contributed by atoms with Crippen molar-refractivity contribution in [1.29, 1.82) is 0 Å². The van der Waals surface area contributed by atoms with E-state index in [1.807, 2.05) is 0 Å². The number of benzene rings is 1. The highest BCUT2D eigenvalue weighted by atomic mass is 35.5. The number of carbonyl (C=O) groups excluding carboxylic acids is 3. The van der Waals surface area contributed by atoms with Crippen molar-refractivity contribution < 1.29 is 28.2 Å². The molecule has 1 saturated carbocycles. The monoisotopic (exact) mass is 677 g/mol. The fraction of sp³-hybridized carbons (Fsp3) is 0.576. The molecule has 3 aliphatic heterocycles. The summed E-state index contributed by atoms with van der Waals surface area (Å²) in [7, 11) is 1.55. The lowest BCUT2D eigenvalue weighted by molar-refractivity contribution is -0.137. The van der Waals surface area contributed by atoms with Crippen molar-refractivity contribution in [3.05, 3.63) is 52.4 Å². The van der Waals surface area contributed by atoms with Crippen LogP contribution in [0, 0.1) is 11.3 Å². The Morgan fingerprint density at radius 1 is 1.22 bits per heavy atom. The fourth-order valence-corrected chi connectivity index (χ4v) is 7.88. The van der Waals surface area contributed by atoms with Gasteiger partial charge in [-0.3, -0.25) is 19.7 Å².